The molecule has 2 amide bonds. The Balaban J connectivity index is 1.79. The highest BCUT2D eigenvalue weighted by Crippen LogP contribution is 2.20. The number of nitrogens with zero attached hydrogens (tertiary/aromatic N) is 1. The van der Waals surface area contributed by atoms with E-state index >= 15 is 0 Å². The van der Waals surface area contributed by atoms with Crippen LogP contribution in [0.5, 0.6) is 5.75 Å². The number of hydrogen-bond donors (Lipinski definition) is 4. The molecule has 0 aliphatic carbocycles. The van der Waals surface area contributed by atoms with E-state index in [1.54, 1.807) is 24.0 Å². The van der Waals surface area contributed by atoms with Crippen molar-refractivity contribution in [2.24, 2.45) is 0 Å². The molecular formula is C29H41FN4O4S. The molecule has 1 aromatic carbocycles. The van der Waals surface area contributed by atoms with Gasteiger partial charge in [-0.05, 0) is 79.4 Å². The number of aliphatic hydroxyl groups excluding tert-OH is 1. The van der Waals surface area contributed by atoms with Gasteiger partial charge in [0.1, 0.15) is 17.6 Å². The lowest BCUT2D eigenvalue weighted by molar-refractivity contribution is -0.130. The molecule has 0 spiro atoms. The van der Waals surface area contributed by atoms with Crippen LogP contribution < -0.4 is 20.7 Å². The predicted molar refractivity (Wildman–Crippen MR) is 152 cm³/mol. The number of pyridine rings is 1. The van der Waals surface area contributed by atoms with Crippen molar-refractivity contribution >= 4 is 23.6 Å². The Morgan fingerprint density at radius 2 is 1.97 bits per heavy atom. The van der Waals surface area contributed by atoms with E-state index in [1.807, 2.05) is 12.5 Å². The number of thioether (sulfide) groups is 1. The fourth-order valence-corrected chi connectivity index (χ4v) is 4.98. The summed E-state index contributed by atoms with van der Waals surface area (Å²) in [5, 5.41) is 20.2. The first kappa shape index (κ1) is 30.8. The lowest BCUT2D eigenvalue weighted by Crippen LogP contribution is -2.55. The van der Waals surface area contributed by atoms with Crippen LogP contribution in [-0.2, 0) is 29.0 Å². The number of hydrogen-bond acceptors (Lipinski definition) is 7. The summed E-state index contributed by atoms with van der Waals surface area (Å²) in [7, 11) is 0. The zero-order valence-electron chi connectivity index (χ0n) is 22.9. The maximum absolute atomic E-state index is 14.4. The van der Waals surface area contributed by atoms with Gasteiger partial charge < -0.3 is 25.8 Å². The number of carbonyl (C=O) groups excluding carboxylic acids is 2. The normalized spacial score (nSPS) is 20.0. The molecular weight excluding hydrogens is 519 g/mol. The van der Waals surface area contributed by atoms with Crippen LogP contribution in [0.15, 0.2) is 36.7 Å². The molecule has 8 nitrogen and oxygen atoms in total. The second kappa shape index (κ2) is 16.4. The molecule has 2 unspecified atom stereocenters. The van der Waals surface area contributed by atoms with Crippen LogP contribution >= 0.6 is 11.8 Å². The van der Waals surface area contributed by atoms with Crippen LogP contribution in [0.4, 0.5) is 4.39 Å². The number of aryl methyl sites for hydroxylation is 1. The van der Waals surface area contributed by atoms with Gasteiger partial charge in [-0.1, -0.05) is 13.0 Å². The molecule has 39 heavy (non-hydrogen) atoms. The van der Waals surface area contributed by atoms with Gasteiger partial charge in [-0.3, -0.25) is 14.6 Å². The summed E-state index contributed by atoms with van der Waals surface area (Å²) in [5.74, 6) is 0.144. The van der Waals surface area contributed by atoms with Crippen LogP contribution in [0.2, 0.25) is 0 Å². The van der Waals surface area contributed by atoms with E-state index in [4.69, 9.17) is 4.74 Å². The first-order valence-electron chi connectivity index (χ1n) is 13.7. The Morgan fingerprint density at radius 3 is 2.77 bits per heavy atom. The Kier molecular flexibility index (Phi) is 13.0. The third-order valence-electron chi connectivity index (χ3n) is 6.70. The number of fused-ring (bicyclic) bond motifs is 2. The maximum atomic E-state index is 14.4. The average molecular weight is 561 g/mol. The van der Waals surface area contributed by atoms with Crippen molar-refractivity contribution in [2.75, 3.05) is 25.2 Å². The molecule has 4 N–H and O–H groups in total. The first-order valence-corrected chi connectivity index (χ1v) is 15.1. The number of rotatable bonds is 9. The monoisotopic (exact) mass is 560 g/mol. The maximum Gasteiger partial charge on any atom is 0.242 e. The number of aliphatic hydroxyl groups is 1. The minimum Gasteiger partial charge on any atom is -0.493 e. The van der Waals surface area contributed by atoms with Gasteiger partial charge in [0.2, 0.25) is 11.8 Å². The number of benzene rings is 1. The number of amides is 2. The van der Waals surface area contributed by atoms with Gasteiger partial charge in [-0.2, -0.15) is 11.8 Å². The molecule has 1 aromatic heterocycles. The molecule has 0 saturated carbocycles. The summed E-state index contributed by atoms with van der Waals surface area (Å²) in [4.78, 5) is 30.2. The molecule has 2 bridgehead atoms. The van der Waals surface area contributed by atoms with Crippen LogP contribution in [0, 0.1) is 5.82 Å². The van der Waals surface area contributed by atoms with E-state index in [0.717, 1.165) is 30.4 Å². The smallest absolute Gasteiger partial charge is 0.242 e. The highest BCUT2D eigenvalue weighted by atomic mass is 32.2. The number of ether oxygens (including phenoxy) is 1. The highest BCUT2D eigenvalue weighted by molar-refractivity contribution is 7.98. The van der Waals surface area contributed by atoms with Crippen molar-refractivity contribution in [2.45, 2.75) is 76.6 Å². The summed E-state index contributed by atoms with van der Waals surface area (Å²) in [6.45, 7) is 3.18. The zero-order chi connectivity index (χ0) is 28.0. The fraction of sp³-hybridized carbons (Fsp3) is 0.552. The SMILES string of the molecule is CCc1cncc(CNC[C@@H](O)C2Cc3cc(F)cc(c3)OCCCCCC(=O)NC(CCSC)C(=O)N2)c1. The number of halogens is 1. The predicted octanol–water partition coefficient (Wildman–Crippen LogP) is 3.15. The molecule has 2 aromatic rings. The quantitative estimate of drug-likeness (QED) is 0.373. The Bertz CT molecular complexity index is 1070. The Hall–Kier alpha value is -2.69. The summed E-state index contributed by atoms with van der Waals surface area (Å²) < 4.78 is 20.2. The molecule has 3 rings (SSSR count). The van der Waals surface area contributed by atoms with Crippen molar-refractivity contribution in [3.05, 3.63) is 59.2 Å². The van der Waals surface area contributed by atoms with Crippen LogP contribution in [-0.4, -0.2) is 65.3 Å². The topological polar surface area (TPSA) is 113 Å². The third kappa shape index (κ3) is 10.8. The summed E-state index contributed by atoms with van der Waals surface area (Å²) in [5.41, 5.74) is 2.73. The number of nitrogens with one attached hydrogen (secondary N) is 3. The van der Waals surface area contributed by atoms with Gasteiger partial charge >= 0.3 is 0 Å². The van der Waals surface area contributed by atoms with E-state index in [-0.39, 0.29) is 24.8 Å². The molecule has 3 atom stereocenters. The molecule has 10 heteroatoms. The summed E-state index contributed by atoms with van der Waals surface area (Å²) in [6, 6.07) is 5.11. The van der Waals surface area contributed by atoms with Crippen molar-refractivity contribution in [1.29, 1.82) is 0 Å². The Labute approximate surface area is 234 Å². The fourth-order valence-electron chi connectivity index (χ4n) is 4.51. The molecule has 0 radical (unpaired) electrons. The lowest BCUT2D eigenvalue weighted by atomic mass is 9.99. The van der Waals surface area contributed by atoms with Gasteiger partial charge in [0.05, 0.1) is 18.8 Å². The van der Waals surface area contributed by atoms with E-state index in [2.05, 4.69) is 33.9 Å². The van der Waals surface area contributed by atoms with E-state index in [0.29, 0.717) is 49.5 Å². The van der Waals surface area contributed by atoms with Gasteiger partial charge in [-0.25, -0.2) is 4.39 Å². The molecule has 2 heterocycles. The minimum absolute atomic E-state index is 0.168. The lowest BCUT2D eigenvalue weighted by Gasteiger charge is -2.28. The molecule has 1 aliphatic rings. The van der Waals surface area contributed by atoms with Crippen LogP contribution in [0.1, 0.15) is 55.7 Å². The second-order valence-electron chi connectivity index (χ2n) is 9.93. The first-order chi connectivity index (χ1) is 18.9. The summed E-state index contributed by atoms with van der Waals surface area (Å²) >= 11 is 1.59. The number of aromatic nitrogens is 1. The van der Waals surface area contributed by atoms with E-state index in [1.165, 1.54) is 12.1 Å². The van der Waals surface area contributed by atoms with Crippen molar-refractivity contribution in [1.82, 2.24) is 20.9 Å². The number of carbonyl (C=O) groups is 2. The zero-order valence-corrected chi connectivity index (χ0v) is 23.7. The molecule has 0 fully saturated rings. The van der Waals surface area contributed by atoms with Gasteiger partial charge in [0.15, 0.2) is 0 Å². The third-order valence-corrected chi connectivity index (χ3v) is 7.34. The van der Waals surface area contributed by atoms with Gasteiger partial charge in [0, 0.05) is 38.0 Å². The molecule has 0 saturated heterocycles. The largest absolute Gasteiger partial charge is 0.493 e. The van der Waals surface area contributed by atoms with Crippen LogP contribution in [0.25, 0.3) is 0 Å². The molecule has 214 valence electrons. The minimum atomic E-state index is -0.973. The Morgan fingerprint density at radius 1 is 1.15 bits per heavy atom. The van der Waals surface area contributed by atoms with E-state index < -0.39 is 24.0 Å². The van der Waals surface area contributed by atoms with Crippen molar-refractivity contribution in [3.63, 3.8) is 0 Å². The van der Waals surface area contributed by atoms with Crippen molar-refractivity contribution in [3.8, 4) is 5.75 Å². The van der Waals surface area contributed by atoms with E-state index in [9.17, 15) is 19.1 Å². The van der Waals surface area contributed by atoms with Crippen LogP contribution in [0.3, 0.4) is 0 Å². The van der Waals surface area contributed by atoms with Gasteiger partial charge in [0.25, 0.3) is 0 Å². The second-order valence-corrected chi connectivity index (χ2v) is 10.9. The molecule has 1 aliphatic heterocycles. The van der Waals surface area contributed by atoms with Crippen molar-refractivity contribution < 1.29 is 23.8 Å². The highest BCUT2D eigenvalue weighted by Gasteiger charge is 2.27. The standard InChI is InChI=1S/C29H41FN4O4S/c1-3-20-11-22(17-31-16-20)18-32-19-27(35)26-14-21-12-23(30)15-24(13-21)38-9-6-4-5-7-28(36)33-25(8-10-39-2)29(37)34-26/h11-13,15-17,25-27,32,35H,3-10,14,18-19H2,1-2H3,(H,33,36)(H,34,37)/t25?,26?,27-/m1/s1. The average Bonchev–Trinajstić information content (AvgIpc) is 2.91. The summed E-state index contributed by atoms with van der Waals surface area (Å²) in [6.07, 6.45) is 8.64. The van der Waals surface area contributed by atoms with Gasteiger partial charge in [-0.15, -0.1) is 0 Å².